The van der Waals surface area contributed by atoms with E-state index in [1.54, 1.807) is 0 Å². The largest absolute Gasteiger partial charge is 0.420 e. The van der Waals surface area contributed by atoms with Gasteiger partial charge in [-0.05, 0) is 12.1 Å². The summed E-state index contributed by atoms with van der Waals surface area (Å²) in [5.41, 5.74) is 4.16. The maximum Gasteiger partial charge on any atom is 0.420 e. The van der Waals surface area contributed by atoms with E-state index in [9.17, 15) is 13.2 Å². The number of halogens is 6. The van der Waals surface area contributed by atoms with Crippen LogP contribution in [0.3, 0.4) is 0 Å². The summed E-state index contributed by atoms with van der Waals surface area (Å²) in [6.07, 6.45) is -3.50. The summed E-state index contributed by atoms with van der Waals surface area (Å²) in [6.45, 7) is 0. The molecule has 2 aromatic rings. The second kappa shape index (κ2) is 5.31. The van der Waals surface area contributed by atoms with Gasteiger partial charge in [0.15, 0.2) is 0 Å². The van der Waals surface area contributed by atoms with Gasteiger partial charge >= 0.3 is 6.18 Å². The van der Waals surface area contributed by atoms with Gasteiger partial charge in [0.05, 0.1) is 15.1 Å². The summed E-state index contributed by atoms with van der Waals surface area (Å²) in [5.74, 6) is -0.628. The highest BCUT2D eigenvalue weighted by atomic mass is 35.5. The van der Waals surface area contributed by atoms with E-state index in [4.69, 9.17) is 40.5 Å². The molecule has 2 N–H and O–H groups in total. The highest BCUT2D eigenvalue weighted by molar-refractivity contribution is 6.49. The van der Waals surface area contributed by atoms with Crippen molar-refractivity contribution in [3.63, 3.8) is 0 Å². The molecule has 1 aromatic carbocycles. The number of alkyl halides is 3. The summed E-state index contributed by atoms with van der Waals surface area (Å²) in [5, 5.41) is 0.0561. The van der Waals surface area contributed by atoms with Gasteiger partial charge in [0, 0.05) is 17.3 Å². The van der Waals surface area contributed by atoms with Gasteiger partial charge in [-0.25, -0.2) is 4.98 Å². The predicted molar refractivity (Wildman–Crippen MR) is 74.1 cm³/mol. The Labute approximate surface area is 127 Å². The Morgan fingerprint density at radius 1 is 0.950 bits per heavy atom. The Morgan fingerprint density at radius 3 is 2.20 bits per heavy atom. The fraction of sp³-hybridized carbons (Fsp3) is 0.0833. The first-order valence-corrected chi connectivity index (χ1v) is 6.32. The van der Waals surface area contributed by atoms with Crippen LogP contribution in [0.15, 0.2) is 24.4 Å². The molecule has 0 aliphatic rings. The Morgan fingerprint density at radius 2 is 1.60 bits per heavy atom. The van der Waals surface area contributed by atoms with E-state index in [0.717, 1.165) is 0 Å². The molecule has 0 fully saturated rings. The van der Waals surface area contributed by atoms with Crippen molar-refractivity contribution >= 4 is 40.6 Å². The number of pyridine rings is 1. The lowest BCUT2D eigenvalue weighted by molar-refractivity contribution is -0.136. The molecule has 106 valence electrons. The Hall–Kier alpha value is -1.17. The van der Waals surface area contributed by atoms with Gasteiger partial charge in [-0.1, -0.05) is 40.9 Å². The van der Waals surface area contributed by atoms with Crippen LogP contribution in [0.2, 0.25) is 15.1 Å². The molecule has 0 spiro atoms. The van der Waals surface area contributed by atoms with Crippen LogP contribution >= 0.6 is 34.8 Å². The van der Waals surface area contributed by atoms with Crippen molar-refractivity contribution in [1.29, 1.82) is 0 Å². The summed E-state index contributed by atoms with van der Waals surface area (Å²) < 4.78 is 39.3. The second-order valence-corrected chi connectivity index (χ2v) is 5.00. The molecule has 0 saturated heterocycles. The molecule has 2 nitrogen and oxygen atoms in total. The zero-order valence-corrected chi connectivity index (χ0v) is 11.9. The maximum atomic E-state index is 13.1. The molecule has 0 radical (unpaired) electrons. The Balaban J connectivity index is 2.78. The third-order valence-electron chi connectivity index (χ3n) is 2.59. The van der Waals surface area contributed by atoms with Gasteiger partial charge < -0.3 is 5.73 Å². The fourth-order valence-corrected chi connectivity index (χ4v) is 2.37. The summed E-state index contributed by atoms with van der Waals surface area (Å²) in [4.78, 5) is 3.46. The number of hydrogen-bond donors (Lipinski definition) is 1. The van der Waals surface area contributed by atoms with Crippen LogP contribution in [-0.4, -0.2) is 4.98 Å². The standard InChI is InChI=1S/C12H6Cl3F3N2/c13-7-2-1-6(9(14)10(7)15)5-3-4-20-11(19)8(5)12(16,17)18/h1-4H,(H2,19,20). The zero-order chi connectivity index (χ0) is 15.1. The van der Waals surface area contributed by atoms with Crippen LogP contribution in [-0.2, 0) is 6.18 Å². The predicted octanol–water partition coefficient (Wildman–Crippen LogP) is 5.31. The molecule has 8 heteroatoms. The van der Waals surface area contributed by atoms with E-state index in [0.29, 0.717) is 0 Å². The molecule has 20 heavy (non-hydrogen) atoms. The average Bonchev–Trinajstić information content (AvgIpc) is 2.34. The maximum absolute atomic E-state index is 13.1. The minimum Gasteiger partial charge on any atom is -0.383 e. The molecular weight excluding hydrogens is 335 g/mol. The lowest BCUT2D eigenvalue weighted by Crippen LogP contribution is -2.12. The number of rotatable bonds is 1. The first-order chi connectivity index (χ1) is 9.23. The summed E-state index contributed by atoms with van der Waals surface area (Å²) in [6, 6.07) is 3.88. The lowest BCUT2D eigenvalue weighted by Gasteiger charge is -2.16. The van der Waals surface area contributed by atoms with Crippen molar-refractivity contribution in [2.24, 2.45) is 0 Å². The zero-order valence-electron chi connectivity index (χ0n) is 9.60. The van der Waals surface area contributed by atoms with Crippen LogP contribution in [0.4, 0.5) is 19.0 Å². The first-order valence-electron chi connectivity index (χ1n) is 5.19. The van der Waals surface area contributed by atoms with Crippen LogP contribution in [0.5, 0.6) is 0 Å². The number of nitrogen functional groups attached to an aromatic ring is 1. The molecule has 0 atom stereocenters. The minimum absolute atomic E-state index is 0.0191. The van der Waals surface area contributed by atoms with Gasteiger partial charge in [-0.15, -0.1) is 0 Å². The normalized spacial score (nSPS) is 11.7. The molecule has 0 unspecified atom stereocenters. The Kier molecular flexibility index (Phi) is 4.04. The average molecular weight is 342 g/mol. The second-order valence-electron chi connectivity index (χ2n) is 3.84. The van der Waals surface area contributed by atoms with Crippen LogP contribution in [0, 0.1) is 0 Å². The quantitative estimate of drug-likeness (QED) is 0.714. The number of aromatic nitrogens is 1. The topological polar surface area (TPSA) is 38.9 Å². The van der Waals surface area contributed by atoms with Crippen LogP contribution in [0.25, 0.3) is 11.1 Å². The molecular formula is C12H6Cl3F3N2. The third-order valence-corrected chi connectivity index (χ3v) is 3.88. The van der Waals surface area contributed by atoms with E-state index in [1.807, 2.05) is 0 Å². The lowest BCUT2D eigenvalue weighted by atomic mass is 10.0. The van der Waals surface area contributed by atoms with Crippen molar-refractivity contribution in [3.05, 3.63) is 45.0 Å². The molecule has 0 saturated carbocycles. The molecule has 0 amide bonds. The van der Waals surface area contributed by atoms with Crippen molar-refractivity contribution in [1.82, 2.24) is 4.98 Å². The summed E-state index contributed by atoms with van der Waals surface area (Å²) in [7, 11) is 0. The minimum atomic E-state index is -4.66. The van der Waals surface area contributed by atoms with E-state index in [2.05, 4.69) is 4.98 Å². The molecule has 0 aliphatic heterocycles. The van der Waals surface area contributed by atoms with E-state index >= 15 is 0 Å². The van der Waals surface area contributed by atoms with Crippen LogP contribution < -0.4 is 5.73 Å². The highest BCUT2D eigenvalue weighted by Crippen LogP contribution is 2.44. The van der Waals surface area contributed by atoms with Crippen molar-refractivity contribution in [2.75, 3.05) is 5.73 Å². The monoisotopic (exact) mass is 340 g/mol. The molecule has 0 bridgehead atoms. The van der Waals surface area contributed by atoms with Gasteiger partial charge in [-0.3, -0.25) is 0 Å². The van der Waals surface area contributed by atoms with Crippen molar-refractivity contribution in [2.45, 2.75) is 6.18 Å². The van der Waals surface area contributed by atoms with Gasteiger partial charge in [-0.2, -0.15) is 13.2 Å². The number of hydrogen-bond acceptors (Lipinski definition) is 2. The van der Waals surface area contributed by atoms with Gasteiger partial charge in [0.25, 0.3) is 0 Å². The number of nitrogens with two attached hydrogens (primary N) is 1. The highest BCUT2D eigenvalue weighted by Gasteiger charge is 2.37. The van der Waals surface area contributed by atoms with Crippen LogP contribution in [0.1, 0.15) is 5.56 Å². The molecule has 1 aromatic heterocycles. The third kappa shape index (κ3) is 2.66. The molecule has 2 rings (SSSR count). The van der Waals surface area contributed by atoms with Gasteiger partial charge in [0.2, 0.25) is 0 Å². The van der Waals surface area contributed by atoms with E-state index in [-0.39, 0.29) is 26.2 Å². The first kappa shape index (κ1) is 15.2. The smallest absolute Gasteiger partial charge is 0.383 e. The van der Waals surface area contributed by atoms with E-state index in [1.165, 1.54) is 24.4 Å². The SMILES string of the molecule is Nc1nccc(-c2ccc(Cl)c(Cl)c2Cl)c1C(F)(F)F. The van der Waals surface area contributed by atoms with Gasteiger partial charge in [0.1, 0.15) is 11.4 Å². The van der Waals surface area contributed by atoms with Crippen molar-refractivity contribution < 1.29 is 13.2 Å². The number of anilines is 1. The Bertz CT molecular complexity index is 672. The summed E-state index contributed by atoms with van der Waals surface area (Å²) >= 11 is 17.6. The molecule has 1 heterocycles. The van der Waals surface area contributed by atoms with E-state index < -0.39 is 17.6 Å². The number of nitrogens with zero attached hydrogens (tertiary/aromatic N) is 1. The fourth-order valence-electron chi connectivity index (χ4n) is 1.73. The van der Waals surface area contributed by atoms with Crippen molar-refractivity contribution in [3.8, 4) is 11.1 Å². The number of benzene rings is 1. The molecule has 0 aliphatic carbocycles.